The number of nitrogens with zero attached hydrogens (tertiary/aromatic N) is 3. The Morgan fingerprint density at radius 2 is 1.77 bits per heavy atom. The van der Waals surface area contributed by atoms with E-state index in [9.17, 15) is 4.79 Å². The molecule has 8 nitrogen and oxygen atoms in total. The van der Waals surface area contributed by atoms with Crippen LogP contribution < -0.4 is 10.5 Å². The Balaban J connectivity index is 1.53. The van der Waals surface area contributed by atoms with E-state index in [-0.39, 0.29) is 0 Å². The van der Waals surface area contributed by atoms with Gasteiger partial charge >= 0.3 is 0 Å². The van der Waals surface area contributed by atoms with E-state index >= 15 is 0 Å². The number of amides is 1. The zero-order chi connectivity index (χ0) is 24.4. The van der Waals surface area contributed by atoms with E-state index in [1.807, 2.05) is 68.7 Å². The molecule has 0 unspecified atom stereocenters. The number of furan rings is 1. The monoisotopic (exact) mass is 467 g/mol. The summed E-state index contributed by atoms with van der Waals surface area (Å²) in [4.78, 5) is 26.3. The van der Waals surface area contributed by atoms with Gasteiger partial charge in [-0.2, -0.15) is 0 Å². The molecule has 5 aromatic rings. The summed E-state index contributed by atoms with van der Waals surface area (Å²) in [5, 5.41) is 0.673. The number of likely N-dealkylation sites (N-methyl/N-ethyl adjacent to an activating group) is 1. The van der Waals surface area contributed by atoms with Gasteiger partial charge in [-0.25, -0.2) is 4.98 Å². The third-order valence-corrected chi connectivity index (χ3v) is 5.72. The second kappa shape index (κ2) is 9.44. The number of hydrogen-bond acceptors (Lipinski definition) is 6. The third-order valence-electron chi connectivity index (χ3n) is 5.72. The molecule has 3 N–H and O–H groups in total. The van der Waals surface area contributed by atoms with Gasteiger partial charge in [-0.1, -0.05) is 6.07 Å². The Hall–Kier alpha value is -4.43. The lowest BCUT2D eigenvalue weighted by molar-refractivity contribution is 0.100. The van der Waals surface area contributed by atoms with Gasteiger partial charge in [0, 0.05) is 41.0 Å². The molecule has 8 heteroatoms. The summed E-state index contributed by atoms with van der Waals surface area (Å²) >= 11 is 0. The van der Waals surface area contributed by atoms with Crippen molar-refractivity contribution in [2.45, 2.75) is 0 Å². The van der Waals surface area contributed by atoms with Crippen molar-refractivity contribution in [3.8, 4) is 39.7 Å². The fraction of sp³-hybridized carbons (Fsp3) is 0.148. The van der Waals surface area contributed by atoms with Crippen molar-refractivity contribution in [2.24, 2.45) is 5.73 Å². The molecule has 0 aliphatic heterocycles. The van der Waals surface area contributed by atoms with Gasteiger partial charge in [-0.15, -0.1) is 0 Å². The molecule has 0 aliphatic rings. The molecule has 0 radical (unpaired) electrons. The summed E-state index contributed by atoms with van der Waals surface area (Å²) in [6.45, 7) is 1.47. The number of ether oxygens (including phenoxy) is 1. The molecule has 35 heavy (non-hydrogen) atoms. The van der Waals surface area contributed by atoms with E-state index in [2.05, 4.69) is 14.9 Å². The maximum absolute atomic E-state index is 11.7. The van der Waals surface area contributed by atoms with Gasteiger partial charge in [0.15, 0.2) is 0 Å². The van der Waals surface area contributed by atoms with Crippen molar-refractivity contribution in [1.82, 2.24) is 19.9 Å². The summed E-state index contributed by atoms with van der Waals surface area (Å²) in [6.07, 6.45) is 4.88. The first-order valence-corrected chi connectivity index (χ1v) is 11.2. The molecular weight excluding hydrogens is 442 g/mol. The molecule has 176 valence electrons. The largest absolute Gasteiger partial charge is 0.492 e. The zero-order valence-corrected chi connectivity index (χ0v) is 19.5. The number of carbonyl (C=O) groups is 1. The number of aromatic amines is 1. The summed E-state index contributed by atoms with van der Waals surface area (Å²) in [6, 6.07) is 17.3. The Morgan fingerprint density at radius 3 is 2.49 bits per heavy atom. The smallest absolute Gasteiger partial charge is 0.252 e. The molecule has 0 saturated heterocycles. The topological polar surface area (TPSA) is 110 Å². The van der Waals surface area contributed by atoms with Gasteiger partial charge in [-0.3, -0.25) is 9.78 Å². The van der Waals surface area contributed by atoms with Crippen molar-refractivity contribution in [3.05, 3.63) is 78.8 Å². The molecule has 0 saturated carbocycles. The predicted octanol–water partition coefficient (Wildman–Crippen LogP) is 4.59. The van der Waals surface area contributed by atoms with Crippen LogP contribution in [0.1, 0.15) is 10.4 Å². The lowest BCUT2D eigenvalue weighted by atomic mass is 10.0. The Kier molecular flexibility index (Phi) is 6.03. The van der Waals surface area contributed by atoms with Crippen LogP contribution >= 0.6 is 0 Å². The predicted molar refractivity (Wildman–Crippen MR) is 135 cm³/mol. The average molecular weight is 468 g/mol. The van der Waals surface area contributed by atoms with E-state index < -0.39 is 5.91 Å². The number of nitrogens with two attached hydrogens (primary N) is 1. The second-order valence-electron chi connectivity index (χ2n) is 8.45. The maximum atomic E-state index is 11.7. The van der Waals surface area contributed by atoms with Crippen LogP contribution in [0.5, 0.6) is 5.75 Å². The molecule has 3 heterocycles. The summed E-state index contributed by atoms with van der Waals surface area (Å²) in [5.74, 6) is 1.01. The minimum Gasteiger partial charge on any atom is -0.492 e. The number of aromatic nitrogens is 3. The van der Waals surface area contributed by atoms with Crippen molar-refractivity contribution >= 4 is 16.9 Å². The van der Waals surface area contributed by atoms with Crippen LogP contribution in [-0.2, 0) is 0 Å². The van der Waals surface area contributed by atoms with E-state index in [1.54, 1.807) is 12.4 Å². The number of benzene rings is 2. The first-order valence-electron chi connectivity index (χ1n) is 11.2. The second-order valence-corrected chi connectivity index (χ2v) is 8.45. The highest BCUT2D eigenvalue weighted by Gasteiger charge is 2.18. The number of nitrogens with one attached hydrogen (secondary N) is 1. The van der Waals surface area contributed by atoms with Gasteiger partial charge in [0.05, 0.1) is 17.0 Å². The Bertz CT molecular complexity index is 1470. The fourth-order valence-corrected chi connectivity index (χ4v) is 3.87. The SMILES string of the molecule is CN(C)CCOc1ccc(-c2nc(-c3ccc4c(C(N)=O)coc4c3)c(-c3ccncc3)[nH]2)cc1. The number of primary amides is 1. The molecule has 0 atom stereocenters. The molecule has 0 fully saturated rings. The summed E-state index contributed by atoms with van der Waals surface area (Å²) in [7, 11) is 4.03. The van der Waals surface area contributed by atoms with E-state index in [4.69, 9.17) is 19.9 Å². The minimum absolute atomic E-state index is 0.358. The quantitative estimate of drug-likeness (QED) is 0.345. The Morgan fingerprint density at radius 1 is 1.03 bits per heavy atom. The highest BCUT2D eigenvalue weighted by atomic mass is 16.5. The molecular formula is C27H25N5O3. The van der Waals surface area contributed by atoms with Crippen molar-refractivity contribution in [3.63, 3.8) is 0 Å². The van der Waals surface area contributed by atoms with Gasteiger partial charge in [0.2, 0.25) is 0 Å². The van der Waals surface area contributed by atoms with Crippen molar-refractivity contribution < 1.29 is 13.9 Å². The van der Waals surface area contributed by atoms with Gasteiger partial charge in [-0.05, 0) is 62.6 Å². The van der Waals surface area contributed by atoms with Gasteiger partial charge < -0.3 is 24.8 Å². The van der Waals surface area contributed by atoms with Crippen LogP contribution in [0.4, 0.5) is 0 Å². The summed E-state index contributed by atoms with van der Waals surface area (Å²) in [5.41, 5.74) is 10.7. The lowest BCUT2D eigenvalue weighted by Crippen LogP contribution is -2.19. The molecule has 2 aromatic carbocycles. The standard InChI is InChI=1S/C27H25N5O3/c1-32(2)13-14-34-20-6-3-18(4-7-20)27-30-24(17-9-11-29-12-10-17)25(31-27)19-5-8-21-22(26(28)33)16-35-23(21)15-19/h3-12,15-16H,13-14H2,1-2H3,(H2,28,33)(H,30,31). The number of rotatable bonds is 8. The Labute approximate surface area is 202 Å². The molecule has 5 rings (SSSR count). The number of carbonyl (C=O) groups excluding carboxylic acids is 1. The molecule has 0 bridgehead atoms. The third kappa shape index (κ3) is 4.64. The van der Waals surface area contributed by atoms with Crippen LogP contribution in [0, 0.1) is 0 Å². The summed E-state index contributed by atoms with van der Waals surface area (Å²) < 4.78 is 11.4. The normalized spacial score (nSPS) is 11.3. The first kappa shape index (κ1) is 22.4. The number of pyridine rings is 1. The van der Waals surface area contributed by atoms with Crippen LogP contribution in [0.15, 0.2) is 77.7 Å². The lowest BCUT2D eigenvalue weighted by Gasteiger charge is -2.11. The molecule has 3 aromatic heterocycles. The number of fused-ring (bicyclic) bond motifs is 1. The zero-order valence-electron chi connectivity index (χ0n) is 19.5. The van der Waals surface area contributed by atoms with Crippen LogP contribution in [0.3, 0.4) is 0 Å². The van der Waals surface area contributed by atoms with Gasteiger partial charge in [0.1, 0.15) is 30.0 Å². The average Bonchev–Trinajstić information content (AvgIpc) is 3.49. The molecule has 0 spiro atoms. The van der Waals surface area contributed by atoms with Gasteiger partial charge in [0.25, 0.3) is 5.91 Å². The van der Waals surface area contributed by atoms with E-state index in [0.29, 0.717) is 23.1 Å². The number of hydrogen-bond donors (Lipinski definition) is 2. The maximum Gasteiger partial charge on any atom is 0.252 e. The van der Waals surface area contributed by atoms with E-state index in [0.717, 1.165) is 46.2 Å². The highest BCUT2D eigenvalue weighted by molar-refractivity contribution is 6.06. The molecule has 1 amide bonds. The van der Waals surface area contributed by atoms with Crippen LogP contribution in [0.25, 0.3) is 44.9 Å². The van der Waals surface area contributed by atoms with Crippen LogP contribution in [-0.4, -0.2) is 53.0 Å². The first-order chi connectivity index (χ1) is 17.0. The minimum atomic E-state index is -0.523. The van der Waals surface area contributed by atoms with Crippen LogP contribution in [0.2, 0.25) is 0 Å². The van der Waals surface area contributed by atoms with Crippen molar-refractivity contribution in [2.75, 3.05) is 27.2 Å². The molecule has 0 aliphatic carbocycles. The van der Waals surface area contributed by atoms with Crippen molar-refractivity contribution in [1.29, 1.82) is 0 Å². The highest BCUT2D eigenvalue weighted by Crippen LogP contribution is 2.35. The number of imidazole rings is 1. The fourth-order valence-electron chi connectivity index (χ4n) is 3.87. The number of H-pyrrole nitrogens is 1. The van der Waals surface area contributed by atoms with E-state index in [1.165, 1.54) is 6.26 Å².